The molecular weight excluding hydrogens is 258 g/mol. The number of nitrogens with one attached hydrogen (secondary N) is 2. The molecule has 0 saturated heterocycles. The molecule has 0 aliphatic carbocycles. The zero-order valence-corrected chi connectivity index (χ0v) is 11.4. The highest BCUT2D eigenvalue weighted by Crippen LogP contribution is 2.15. The Hall–Kier alpha value is -1.57. The molecule has 0 atom stereocenters. The minimum absolute atomic E-state index is 0.175. The van der Waals surface area contributed by atoms with E-state index in [9.17, 15) is 13.2 Å². The van der Waals surface area contributed by atoms with E-state index in [1.54, 1.807) is 20.8 Å². The number of aromatic nitrogens is 2. The highest BCUT2D eigenvalue weighted by atomic mass is 32.2. The second-order valence-corrected chi connectivity index (χ2v) is 5.64. The lowest BCUT2D eigenvalue weighted by Crippen LogP contribution is -2.20. The van der Waals surface area contributed by atoms with Gasteiger partial charge in [-0.25, -0.2) is 8.42 Å². The van der Waals surface area contributed by atoms with Gasteiger partial charge in [0, 0.05) is 11.3 Å². The smallest absolute Gasteiger partial charge is 0.306 e. The van der Waals surface area contributed by atoms with Crippen molar-refractivity contribution in [1.82, 2.24) is 10.2 Å². The molecular formula is C10H17N3O4S. The summed E-state index contributed by atoms with van der Waals surface area (Å²) in [6.45, 7) is 5.45. The van der Waals surface area contributed by atoms with Crippen LogP contribution in [0, 0.1) is 13.8 Å². The van der Waals surface area contributed by atoms with Crippen molar-refractivity contribution in [3.05, 3.63) is 11.3 Å². The summed E-state index contributed by atoms with van der Waals surface area (Å²) in [6.07, 6.45) is -0.175. The second-order valence-electron chi connectivity index (χ2n) is 3.80. The summed E-state index contributed by atoms with van der Waals surface area (Å²) in [6, 6.07) is 0. The van der Waals surface area contributed by atoms with Gasteiger partial charge in [-0.3, -0.25) is 14.6 Å². The number of carbonyl (C=O) groups excluding carboxylic acids is 1. The van der Waals surface area contributed by atoms with Crippen molar-refractivity contribution in [1.29, 1.82) is 0 Å². The number of hydrogen-bond acceptors (Lipinski definition) is 5. The van der Waals surface area contributed by atoms with Gasteiger partial charge in [-0.05, 0) is 20.8 Å². The fourth-order valence-corrected chi connectivity index (χ4v) is 2.26. The number of anilines is 1. The third-order valence-electron chi connectivity index (χ3n) is 2.39. The number of sulfonamides is 1. The summed E-state index contributed by atoms with van der Waals surface area (Å²) in [4.78, 5) is 11.1. The van der Waals surface area contributed by atoms with Gasteiger partial charge in [0.15, 0.2) is 5.82 Å². The number of nitrogens with zero attached hydrogens (tertiary/aromatic N) is 1. The van der Waals surface area contributed by atoms with E-state index in [0.717, 1.165) is 11.3 Å². The normalized spacial score (nSPS) is 11.3. The first-order valence-electron chi connectivity index (χ1n) is 5.53. The molecule has 0 amide bonds. The fourth-order valence-electron chi connectivity index (χ4n) is 1.23. The first-order valence-corrected chi connectivity index (χ1v) is 7.18. The Labute approximate surface area is 106 Å². The predicted octanol–water partition coefficient (Wildman–Crippen LogP) is 0.721. The Balaban J connectivity index is 2.60. The number of ether oxygens (including phenoxy) is 1. The molecule has 7 nitrogen and oxygen atoms in total. The quantitative estimate of drug-likeness (QED) is 0.745. The first-order chi connectivity index (χ1) is 8.35. The van der Waals surface area contributed by atoms with Crippen LogP contribution >= 0.6 is 0 Å². The summed E-state index contributed by atoms with van der Waals surface area (Å²) in [7, 11) is -3.59. The van der Waals surface area contributed by atoms with Crippen molar-refractivity contribution < 1.29 is 17.9 Å². The average Bonchev–Trinajstić information content (AvgIpc) is 2.59. The van der Waals surface area contributed by atoms with E-state index in [0.29, 0.717) is 0 Å². The van der Waals surface area contributed by atoms with Crippen LogP contribution in [0.25, 0.3) is 0 Å². The fraction of sp³-hybridized carbons (Fsp3) is 0.600. The first kappa shape index (κ1) is 14.5. The van der Waals surface area contributed by atoms with Crippen molar-refractivity contribution in [2.24, 2.45) is 0 Å². The number of H-pyrrole nitrogens is 1. The molecule has 0 radical (unpaired) electrons. The summed E-state index contributed by atoms with van der Waals surface area (Å²) in [5, 5.41) is 6.51. The highest BCUT2D eigenvalue weighted by Gasteiger charge is 2.17. The maximum Gasteiger partial charge on any atom is 0.306 e. The monoisotopic (exact) mass is 275 g/mol. The van der Waals surface area contributed by atoms with Crippen LogP contribution < -0.4 is 4.72 Å². The molecule has 0 saturated carbocycles. The standard InChI is InChI=1S/C10H17N3O4S/c1-4-17-9(14)5-6-18(15,16)13-10-7(2)8(3)11-12-10/h4-6H2,1-3H3,(H2,11,12,13). The van der Waals surface area contributed by atoms with Crippen molar-refractivity contribution in [2.45, 2.75) is 27.2 Å². The Morgan fingerprint density at radius 2 is 2.11 bits per heavy atom. The van der Waals surface area contributed by atoms with Gasteiger partial charge in [-0.15, -0.1) is 0 Å². The van der Waals surface area contributed by atoms with Gasteiger partial charge in [-0.1, -0.05) is 0 Å². The number of carbonyl (C=O) groups is 1. The minimum atomic E-state index is -3.59. The lowest BCUT2D eigenvalue weighted by Gasteiger charge is -2.06. The Morgan fingerprint density at radius 1 is 1.44 bits per heavy atom. The minimum Gasteiger partial charge on any atom is -0.466 e. The third-order valence-corrected chi connectivity index (χ3v) is 3.63. The van der Waals surface area contributed by atoms with E-state index >= 15 is 0 Å². The van der Waals surface area contributed by atoms with Crippen LogP contribution in [0.1, 0.15) is 24.6 Å². The Bertz CT molecular complexity index is 521. The maximum atomic E-state index is 11.7. The molecule has 0 unspecified atom stereocenters. The molecule has 0 aromatic carbocycles. The molecule has 0 aliphatic heterocycles. The molecule has 0 spiro atoms. The molecule has 18 heavy (non-hydrogen) atoms. The second kappa shape index (κ2) is 5.85. The molecule has 1 rings (SSSR count). The predicted molar refractivity (Wildman–Crippen MR) is 66.7 cm³/mol. The molecule has 2 N–H and O–H groups in total. The van der Waals surface area contributed by atoms with E-state index < -0.39 is 16.0 Å². The van der Waals surface area contributed by atoms with Gasteiger partial charge in [0.1, 0.15) is 0 Å². The molecule has 8 heteroatoms. The molecule has 0 bridgehead atoms. The molecule has 1 heterocycles. The van der Waals surface area contributed by atoms with Crippen LogP contribution in [-0.4, -0.2) is 36.9 Å². The van der Waals surface area contributed by atoms with Crippen molar-refractivity contribution in [2.75, 3.05) is 17.1 Å². The number of rotatable bonds is 6. The zero-order chi connectivity index (χ0) is 13.8. The van der Waals surface area contributed by atoms with E-state index in [4.69, 9.17) is 0 Å². The largest absolute Gasteiger partial charge is 0.466 e. The average molecular weight is 275 g/mol. The summed E-state index contributed by atoms with van der Waals surface area (Å²) in [5.74, 6) is -0.592. The van der Waals surface area contributed by atoms with Crippen molar-refractivity contribution in [3.8, 4) is 0 Å². The lowest BCUT2D eigenvalue weighted by molar-refractivity contribution is -0.142. The van der Waals surface area contributed by atoms with Gasteiger partial charge in [0.25, 0.3) is 0 Å². The van der Waals surface area contributed by atoms with Crippen LogP contribution in [0.4, 0.5) is 5.82 Å². The lowest BCUT2D eigenvalue weighted by atomic mass is 10.3. The van der Waals surface area contributed by atoms with Crippen LogP contribution in [-0.2, 0) is 19.6 Å². The van der Waals surface area contributed by atoms with Crippen LogP contribution in [0.3, 0.4) is 0 Å². The van der Waals surface area contributed by atoms with Crippen LogP contribution in [0.5, 0.6) is 0 Å². The Morgan fingerprint density at radius 3 is 2.61 bits per heavy atom. The van der Waals surface area contributed by atoms with Gasteiger partial charge < -0.3 is 4.74 Å². The molecule has 0 fully saturated rings. The molecule has 102 valence electrons. The Kier molecular flexibility index (Phi) is 4.71. The van der Waals surface area contributed by atoms with Gasteiger partial charge >= 0.3 is 5.97 Å². The summed E-state index contributed by atoms with van der Waals surface area (Å²) < 4.78 is 30.4. The maximum absolute atomic E-state index is 11.7. The molecule has 0 aliphatic rings. The summed E-state index contributed by atoms with van der Waals surface area (Å²) in [5.41, 5.74) is 1.52. The number of aromatic amines is 1. The SMILES string of the molecule is CCOC(=O)CCS(=O)(=O)Nc1n[nH]c(C)c1C. The molecule has 1 aromatic heterocycles. The number of esters is 1. The molecule has 1 aromatic rings. The van der Waals surface area contributed by atoms with Crippen molar-refractivity contribution >= 4 is 21.8 Å². The van der Waals surface area contributed by atoms with Crippen molar-refractivity contribution in [3.63, 3.8) is 0 Å². The van der Waals surface area contributed by atoms with Gasteiger partial charge in [0.05, 0.1) is 18.8 Å². The highest BCUT2D eigenvalue weighted by molar-refractivity contribution is 7.92. The summed E-state index contributed by atoms with van der Waals surface area (Å²) >= 11 is 0. The number of aryl methyl sites for hydroxylation is 1. The van der Waals surface area contributed by atoms with Crippen LogP contribution in [0.2, 0.25) is 0 Å². The van der Waals surface area contributed by atoms with E-state index in [2.05, 4.69) is 19.7 Å². The number of hydrogen-bond donors (Lipinski definition) is 2. The van der Waals surface area contributed by atoms with Gasteiger partial charge in [-0.2, -0.15) is 5.10 Å². The van der Waals surface area contributed by atoms with E-state index in [1.165, 1.54) is 0 Å². The zero-order valence-electron chi connectivity index (χ0n) is 10.6. The third kappa shape index (κ3) is 4.02. The van der Waals surface area contributed by atoms with E-state index in [1.807, 2.05) is 0 Å². The van der Waals surface area contributed by atoms with Crippen LogP contribution in [0.15, 0.2) is 0 Å². The van der Waals surface area contributed by atoms with E-state index in [-0.39, 0.29) is 24.6 Å². The topological polar surface area (TPSA) is 101 Å². The van der Waals surface area contributed by atoms with Gasteiger partial charge in [0.2, 0.25) is 10.0 Å².